The van der Waals surface area contributed by atoms with Crippen molar-refractivity contribution in [2.24, 2.45) is 0 Å². The van der Waals surface area contributed by atoms with Crippen LogP contribution in [0, 0.1) is 0 Å². The van der Waals surface area contributed by atoms with E-state index in [-0.39, 0.29) is 0 Å². The van der Waals surface area contributed by atoms with Gasteiger partial charge >= 0.3 is 0 Å². The largest absolute Gasteiger partial charge is 0.389 e. The van der Waals surface area contributed by atoms with E-state index in [1.54, 1.807) is 18.2 Å². The SMILES string of the molecule is C=CC1(/C=C/C(O)C/C=C/CC)OCCO1. The summed E-state index contributed by atoms with van der Waals surface area (Å²) in [5.74, 6) is -0.838. The number of aliphatic hydroxyl groups is 1. The molecule has 1 fully saturated rings. The molecule has 0 saturated carbocycles. The molecule has 0 radical (unpaired) electrons. The molecule has 16 heavy (non-hydrogen) atoms. The molecule has 0 aromatic rings. The molecule has 0 aromatic carbocycles. The quantitative estimate of drug-likeness (QED) is 0.703. The van der Waals surface area contributed by atoms with E-state index in [2.05, 4.69) is 13.5 Å². The Balaban J connectivity index is 2.44. The topological polar surface area (TPSA) is 38.7 Å². The summed E-state index contributed by atoms with van der Waals surface area (Å²) in [7, 11) is 0. The van der Waals surface area contributed by atoms with Crippen molar-refractivity contribution in [3.05, 3.63) is 37.0 Å². The summed E-state index contributed by atoms with van der Waals surface area (Å²) < 4.78 is 10.8. The minimum absolute atomic E-state index is 0.507. The van der Waals surface area contributed by atoms with Crippen LogP contribution in [0.25, 0.3) is 0 Å². The van der Waals surface area contributed by atoms with Gasteiger partial charge in [-0.1, -0.05) is 31.7 Å². The Morgan fingerprint density at radius 3 is 2.62 bits per heavy atom. The minimum atomic E-state index is -0.838. The molecular formula is C13H20O3. The summed E-state index contributed by atoms with van der Waals surface area (Å²) in [5, 5.41) is 9.66. The lowest BCUT2D eigenvalue weighted by molar-refractivity contribution is -0.0746. The fourth-order valence-corrected chi connectivity index (χ4v) is 1.45. The van der Waals surface area contributed by atoms with E-state index in [4.69, 9.17) is 9.47 Å². The van der Waals surface area contributed by atoms with Crippen LogP contribution < -0.4 is 0 Å². The zero-order valence-corrected chi connectivity index (χ0v) is 9.76. The molecule has 3 nitrogen and oxygen atoms in total. The molecule has 1 N–H and O–H groups in total. The Kier molecular flexibility index (Phi) is 5.46. The molecule has 0 aliphatic carbocycles. The molecule has 1 rings (SSSR count). The first kappa shape index (κ1) is 13.2. The van der Waals surface area contributed by atoms with Crippen LogP contribution in [0.15, 0.2) is 37.0 Å². The smallest absolute Gasteiger partial charge is 0.207 e. The van der Waals surface area contributed by atoms with Gasteiger partial charge in [0.1, 0.15) is 0 Å². The maximum atomic E-state index is 9.66. The number of rotatable bonds is 6. The number of hydrogen-bond donors (Lipinski definition) is 1. The Morgan fingerprint density at radius 2 is 2.06 bits per heavy atom. The van der Waals surface area contributed by atoms with Crippen molar-refractivity contribution in [2.75, 3.05) is 13.2 Å². The van der Waals surface area contributed by atoms with Gasteiger partial charge in [-0.25, -0.2) is 0 Å². The van der Waals surface area contributed by atoms with Crippen molar-refractivity contribution in [3.8, 4) is 0 Å². The third kappa shape index (κ3) is 3.93. The van der Waals surface area contributed by atoms with Crippen molar-refractivity contribution in [1.82, 2.24) is 0 Å². The molecule has 0 aromatic heterocycles. The summed E-state index contributed by atoms with van der Waals surface area (Å²) in [6.07, 6.45) is 10.1. The summed E-state index contributed by atoms with van der Waals surface area (Å²) >= 11 is 0. The van der Waals surface area contributed by atoms with Gasteiger partial charge in [-0.3, -0.25) is 0 Å². The van der Waals surface area contributed by atoms with E-state index < -0.39 is 11.9 Å². The predicted molar refractivity (Wildman–Crippen MR) is 64.0 cm³/mol. The first-order valence-corrected chi connectivity index (χ1v) is 5.66. The average Bonchev–Trinajstić information content (AvgIpc) is 2.76. The highest BCUT2D eigenvalue weighted by molar-refractivity contribution is 5.10. The molecule has 0 bridgehead atoms. The number of ether oxygens (including phenoxy) is 2. The Hall–Kier alpha value is -0.900. The molecule has 90 valence electrons. The third-order valence-corrected chi connectivity index (χ3v) is 2.35. The molecule has 1 atom stereocenters. The van der Waals surface area contributed by atoms with Crippen LogP contribution in [0.3, 0.4) is 0 Å². The maximum Gasteiger partial charge on any atom is 0.207 e. The highest BCUT2D eigenvalue weighted by Gasteiger charge is 2.30. The number of hydrogen-bond acceptors (Lipinski definition) is 3. The fourth-order valence-electron chi connectivity index (χ4n) is 1.45. The summed E-state index contributed by atoms with van der Waals surface area (Å²) in [6.45, 7) is 6.85. The Bertz CT molecular complexity index is 262. The highest BCUT2D eigenvalue weighted by Crippen LogP contribution is 2.22. The first-order chi connectivity index (χ1) is 7.72. The summed E-state index contributed by atoms with van der Waals surface area (Å²) in [4.78, 5) is 0. The van der Waals surface area contributed by atoms with Crippen LogP contribution in [0.1, 0.15) is 19.8 Å². The van der Waals surface area contributed by atoms with E-state index in [0.29, 0.717) is 19.6 Å². The number of allylic oxidation sites excluding steroid dienone is 1. The van der Waals surface area contributed by atoms with Gasteiger partial charge in [0.15, 0.2) is 0 Å². The van der Waals surface area contributed by atoms with Crippen LogP contribution in [-0.2, 0) is 9.47 Å². The van der Waals surface area contributed by atoms with E-state index in [1.807, 2.05) is 12.2 Å². The van der Waals surface area contributed by atoms with Crippen LogP contribution >= 0.6 is 0 Å². The van der Waals surface area contributed by atoms with Crippen molar-refractivity contribution >= 4 is 0 Å². The van der Waals surface area contributed by atoms with Crippen LogP contribution in [0.2, 0.25) is 0 Å². The molecule has 1 aliphatic heterocycles. The lowest BCUT2D eigenvalue weighted by atomic mass is 10.1. The molecule has 3 heteroatoms. The highest BCUT2D eigenvalue weighted by atomic mass is 16.7. The molecular weight excluding hydrogens is 204 g/mol. The van der Waals surface area contributed by atoms with E-state index >= 15 is 0 Å². The Morgan fingerprint density at radius 1 is 1.38 bits per heavy atom. The zero-order valence-electron chi connectivity index (χ0n) is 9.76. The normalized spacial score (nSPS) is 21.9. The van der Waals surface area contributed by atoms with Crippen molar-refractivity contribution < 1.29 is 14.6 Å². The average molecular weight is 224 g/mol. The first-order valence-electron chi connectivity index (χ1n) is 5.66. The van der Waals surface area contributed by atoms with Gasteiger partial charge in [0, 0.05) is 0 Å². The van der Waals surface area contributed by atoms with Crippen LogP contribution in [0.5, 0.6) is 0 Å². The number of aliphatic hydroxyl groups excluding tert-OH is 1. The minimum Gasteiger partial charge on any atom is -0.389 e. The fraction of sp³-hybridized carbons (Fsp3) is 0.538. The molecule has 1 heterocycles. The zero-order chi connectivity index (χ0) is 11.9. The lowest BCUT2D eigenvalue weighted by Crippen LogP contribution is -2.24. The lowest BCUT2D eigenvalue weighted by Gasteiger charge is -2.18. The third-order valence-electron chi connectivity index (χ3n) is 2.35. The van der Waals surface area contributed by atoms with E-state index in [9.17, 15) is 5.11 Å². The maximum absolute atomic E-state index is 9.66. The molecule has 1 unspecified atom stereocenters. The van der Waals surface area contributed by atoms with Gasteiger partial charge in [-0.2, -0.15) is 0 Å². The second-order valence-electron chi connectivity index (χ2n) is 3.66. The van der Waals surface area contributed by atoms with Gasteiger partial charge in [0.25, 0.3) is 0 Å². The summed E-state index contributed by atoms with van der Waals surface area (Å²) in [5.41, 5.74) is 0. The molecule has 0 amide bonds. The van der Waals surface area contributed by atoms with E-state index in [1.165, 1.54) is 0 Å². The predicted octanol–water partition coefficient (Wildman–Crippen LogP) is 2.19. The Labute approximate surface area is 97.1 Å². The second-order valence-corrected chi connectivity index (χ2v) is 3.66. The van der Waals surface area contributed by atoms with Crippen LogP contribution in [-0.4, -0.2) is 30.2 Å². The van der Waals surface area contributed by atoms with Crippen molar-refractivity contribution in [2.45, 2.75) is 31.7 Å². The molecule has 1 saturated heterocycles. The standard InChI is InChI=1S/C13H20O3/c1-3-5-6-7-12(14)8-9-13(4-2)15-10-11-16-13/h4-6,8-9,12,14H,2-3,7,10-11H2,1H3/b6-5+,9-8+. The monoisotopic (exact) mass is 224 g/mol. The van der Waals surface area contributed by atoms with Gasteiger partial charge in [-0.15, -0.1) is 0 Å². The van der Waals surface area contributed by atoms with Crippen LogP contribution in [0.4, 0.5) is 0 Å². The van der Waals surface area contributed by atoms with Gasteiger partial charge in [0.2, 0.25) is 5.79 Å². The molecule has 0 spiro atoms. The second kappa shape index (κ2) is 6.63. The van der Waals surface area contributed by atoms with Gasteiger partial charge in [-0.05, 0) is 25.0 Å². The molecule has 1 aliphatic rings. The summed E-state index contributed by atoms with van der Waals surface area (Å²) in [6, 6.07) is 0. The van der Waals surface area contributed by atoms with Gasteiger partial charge < -0.3 is 14.6 Å². The van der Waals surface area contributed by atoms with Gasteiger partial charge in [0.05, 0.1) is 19.3 Å². The van der Waals surface area contributed by atoms with E-state index in [0.717, 1.165) is 6.42 Å². The van der Waals surface area contributed by atoms with Crippen molar-refractivity contribution in [3.63, 3.8) is 0 Å². The van der Waals surface area contributed by atoms with Crippen molar-refractivity contribution in [1.29, 1.82) is 0 Å².